The van der Waals surface area contributed by atoms with Crippen molar-refractivity contribution in [3.63, 3.8) is 0 Å². The standard InChI is InChI=1S/C21H20FN3O5/c1-14-20(25(27)28)15(2)24(23-14)13-16-7-9-17(10-8-16)21(26)30-12-11-29-19-6-4-3-5-18(19)22/h3-10H,11-13H2,1-2H3. The Morgan fingerprint density at radius 1 is 1.13 bits per heavy atom. The molecule has 0 saturated heterocycles. The van der Waals surface area contributed by atoms with Crippen molar-refractivity contribution in [3.05, 3.63) is 87.0 Å². The molecule has 0 aliphatic carbocycles. The molecule has 0 radical (unpaired) electrons. The maximum atomic E-state index is 13.5. The fourth-order valence-electron chi connectivity index (χ4n) is 2.96. The second kappa shape index (κ2) is 9.17. The van der Waals surface area contributed by atoms with E-state index < -0.39 is 16.7 Å². The predicted molar refractivity (Wildman–Crippen MR) is 106 cm³/mol. The number of hydrogen-bond donors (Lipinski definition) is 0. The first kappa shape index (κ1) is 21.0. The predicted octanol–water partition coefficient (Wildman–Crippen LogP) is 3.83. The molecule has 3 rings (SSSR count). The summed E-state index contributed by atoms with van der Waals surface area (Å²) in [6.45, 7) is 3.59. The van der Waals surface area contributed by atoms with Gasteiger partial charge in [-0.15, -0.1) is 0 Å². The Hall–Kier alpha value is -3.75. The number of benzene rings is 2. The number of rotatable bonds is 8. The molecular formula is C21H20FN3O5. The second-order valence-electron chi connectivity index (χ2n) is 6.55. The molecule has 0 spiro atoms. The number of aryl methyl sites for hydroxylation is 1. The molecular weight excluding hydrogens is 393 g/mol. The van der Waals surface area contributed by atoms with Gasteiger partial charge in [-0.2, -0.15) is 5.10 Å². The van der Waals surface area contributed by atoms with Gasteiger partial charge in [0.2, 0.25) is 0 Å². The van der Waals surface area contributed by atoms with Gasteiger partial charge in [0.15, 0.2) is 11.6 Å². The van der Waals surface area contributed by atoms with Gasteiger partial charge in [0.1, 0.15) is 24.6 Å². The lowest BCUT2D eigenvalue weighted by Crippen LogP contribution is -2.13. The largest absolute Gasteiger partial charge is 0.487 e. The Labute approximate surface area is 172 Å². The van der Waals surface area contributed by atoms with Crippen LogP contribution in [0, 0.1) is 29.8 Å². The molecule has 8 nitrogen and oxygen atoms in total. The number of para-hydroxylation sites is 1. The first-order valence-electron chi connectivity index (χ1n) is 9.18. The van der Waals surface area contributed by atoms with Crippen molar-refractivity contribution < 1.29 is 23.6 Å². The summed E-state index contributed by atoms with van der Waals surface area (Å²) in [4.78, 5) is 22.8. The van der Waals surface area contributed by atoms with Crippen LogP contribution < -0.4 is 4.74 Å². The molecule has 3 aromatic rings. The third kappa shape index (κ3) is 4.80. The van der Waals surface area contributed by atoms with Gasteiger partial charge >= 0.3 is 11.7 Å². The molecule has 0 aliphatic heterocycles. The first-order valence-corrected chi connectivity index (χ1v) is 9.18. The summed E-state index contributed by atoms with van der Waals surface area (Å²) >= 11 is 0. The monoisotopic (exact) mass is 413 g/mol. The molecule has 0 bridgehead atoms. The van der Waals surface area contributed by atoms with Crippen LogP contribution in [0.1, 0.15) is 27.3 Å². The Morgan fingerprint density at radius 2 is 1.83 bits per heavy atom. The summed E-state index contributed by atoms with van der Waals surface area (Å²) in [6.07, 6.45) is 0. The minimum atomic E-state index is -0.527. The lowest BCUT2D eigenvalue weighted by atomic mass is 10.1. The van der Waals surface area contributed by atoms with Crippen LogP contribution in [0.25, 0.3) is 0 Å². The van der Waals surface area contributed by atoms with E-state index in [1.54, 1.807) is 54.9 Å². The van der Waals surface area contributed by atoms with Gasteiger partial charge < -0.3 is 9.47 Å². The first-order chi connectivity index (χ1) is 14.4. The van der Waals surface area contributed by atoms with Gasteiger partial charge in [0.25, 0.3) is 0 Å². The fourth-order valence-corrected chi connectivity index (χ4v) is 2.96. The Bertz CT molecular complexity index is 1060. The molecule has 0 amide bonds. The van der Waals surface area contributed by atoms with E-state index in [2.05, 4.69) is 5.10 Å². The molecule has 30 heavy (non-hydrogen) atoms. The number of carbonyl (C=O) groups excluding carboxylic acids is 1. The van der Waals surface area contributed by atoms with E-state index in [0.29, 0.717) is 23.5 Å². The number of halogens is 1. The fraction of sp³-hybridized carbons (Fsp3) is 0.238. The lowest BCUT2D eigenvalue weighted by molar-refractivity contribution is -0.386. The van der Waals surface area contributed by atoms with Crippen LogP contribution in [0.3, 0.4) is 0 Å². The zero-order chi connectivity index (χ0) is 21.7. The molecule has 0 saturated carbocycles. The summed E-state index contributed by atoms with van der Waals surface area (Å²) < 4.78 is 25.4. The van der Waals surface area contributed by atoms with Crippen LogP contribution in [0.5, 0.6) is 5.75 Å². The number of carbonyl (C=O) groups is 1. The normalized spacial score (nSPS) is 10.6. The van der Waals surface area contributed by atoms with Crippen LogP contribution in [-0.2, 0) is 11.3 Å². The number of ether oxygens (including phenoxy) is 2. The van der Waals surface area contributed by atoms with Crippen molar-refractivity contribution in [1.82, 2.24) is 9.78 Å². The highest BCUT2D eigenvalue weighted by atomic mass is 19.1. The number of nitro groups is 1. The van der Waals surface area contributed by atoms with Crippen LogP contribution in [-0.4, -0.2) is 33.9 Å². The molecule has 2 aromatic carbocycles. The topological polar surface area (TPSA) is 96.5 Å². The highest BCUT2D eigenvalue weighted by molar-refractivity contribution is 5.89. The number of aromatic nitrogens is 2. The molecule has 0 fully saturated rings. The Kier molecular flexibility index (Phi) is 6.41. The van der Waals surface area contributed by atoms with Gasteiger partial charge in [0.05, 0.1) is 17.0 Å². The molecule has 9 heteroatoms. The summed E-state index contributed by atoms with van der Waals surface area (Å²) in [5, 5.41) is 15.3. The minimum absolute atomic E-state index is 0.00722. The SMILES string of the molecule is Cc1nn(Cc2ccc(C(=O)OCCOc3ccccc3F)cc2)c(C)c1[N+](=O)[O-]. The minimum Gasteiger partial charge on any atom is -0.487 e. The van der Waals surface area contributed by atoms with Gasteiger partial charge in [-0.3, -0.25) is 14.8 Å². The average molecular weight is 413 g/mol. The highest BCUT2D eigenvalue weighted by Crippen LogP contribution is 2.22. The van der Waals surface area contributed by atoms with Crippen LogP contribution in [0.15, 0.2) is 48.5 Å². The maximum absolute atomic E-state index is 13.5. The molecule has 1 aromatic heterocycles. The molecule has 156 valence electrons. The van der Waals surface area contributed by atoms with Crippen molar-refractivity contribution in [3.8, 4) is 5.75 Å². The van der Waals surface area contributed by atoms with Crippen molar-refractivity contribution in [2.75, 3.05) is 13.2 Å². The van der Waals surface area contributed by atoms with Gasteiger partial charge in [0, 0.05) is 0 Å². The van der Waals surface area contributed by atoms with E-state index in [1.165, 1.54) is 12.1 Å². The molecule has 1 heterocycles. The molecule has 0 atom stereocenters. The Morgan fingerprint density at radius 3 is 2.47 bits per heavy atom. The summed E-state index contributed by atoms with van der Waals surface area (Å²) in [6, 6.07) is 12.7. The second-order valence-corrected chi connectivity index (χ2v) is 6.55. The average Bonchev–Trinajstić information content (AvgIpc) is 3.00. The van der Waals surface area contributed by atoms with E-state index >= 15 is 0 Å². The van der Waals surface area contributed by atoms with Crippen LogP contribution in [0.2, 0.25) is 0 Å². The Balaban J connectivity index is 1.54. The number of nitrogens with zero attached hydrogens (tertiary/aromatic N) is 3. The van der Waals surface area contributed by atoms with E-state index in [0.717, 1.165) is 5.56 Å². The van der Waals surface area contributed by atoms with Crippen molar-refractivity contribution in [2.24, 2.45) is 0 Å². The van der Waals surface area contributed by atoms with E-state index in [-0.39, 0.29) is 24.7 Å². The molecule has 0 N–H and O–H groups in total. The third-order valence-corrected chi connectivity index (χ3v) is 4.46. The number of hydrogen-bond acceptors (Lipinski definition) is 6. The van der Waals surface area contributed by atoms with Crippen molar-refractivity contribution in [1.29, 1.82) is 0 Å². The van der Waals surface area contributed by atoms with Crippen LogP contribution >= 0.6 is 0 Å². The smallest absolute Gasteiger partial charge is 0.338 e. The highest BCUT2D eigenvalue weighted by Gasteiger charge is 2.21. The van der Waals surface area contributed by atoms with Crippen molar-refractivity contribution in [2.45, 2.75) is 20.4 Å². The van der Waals surface area contributed by atoms with Crippen LogP contribution in [0.4, 0.5) is 10.1 Å². The molecule has 0 unspecified atom stereocenters. The summed E-state index contributed by atoms with van der Waals surface area (Å²) in [5.74, 6) is -0.907. The van der Waals surface area contributed by atoms with E-state index in [4.69, 9.17) is 9.47 Å². The summed E-state index contributed by atoms with van der Waals surface area (Å²) in [5.41, 5.74) is 2.01. The third-order valence-electron chi connectivity index (χ3n) is 4.46. The quantitative estimate of drug-likeness (QED) is 0.241. The summed E-state index contributed by atoms with van der Waals surface area (Å²) in [7, 11) is 0. The lowest BCUT2D eigenvalue weighted by Gasteiger charge is -2.09. The zero-order valence-electron chi connectivity index (χ0n) is 16.5. The van der Waals surface area contributed by atoms with E-state index in [1.807, 2.05) is 0 Å². The van der Waals surface area contributed by atoms with Crippen molar-refractivity contribution >= 4 is 11.7 Å². The van der Waals surface area contributed by atoms with Gasteiger partial charge in [-0.1, -0.05) is 24.3 Å². The van der Waals surface area contributed by atoms with Gasteiger partial charge in [-0.05, 0) is 43.7 Å². The van der Waals surface area contributed by atoms with Gasteiger partial charge in [-0.25, -0.2) is 9.18 Å². The molecule has 0 aliphatic rings. The maximum Gasteiger partial charge on any atom is 0.338 e. The zero-order valence-corrected chi connectivity index (χ0v) is 16.5. The van der Waals surface area contributed by atoms with E-state index in [9.17, 15) is 19.3 Å². The number of esters is 1.